The minimum Gasteiger partial charge on any atom is -0.384 e. The van der Waals surface area contributed by atoms with Crippen molar-refractivity contribution in [2.75, 3.05) is 17.3 Å². The monoisotopic (exact) mass is 220 g/mol. The lowest BCUT2D eigenvalue weighted by Crippen LogP contribution is -2.15. The van der Waals surface area contributed by atoms with E-state index < -0.39 is 0 Å². The van der Waals surface area contributed by atoms with Gasteiger partial charge in [0.05, 0.1) is 0 Å². The summed E-state index contributed by atoms with van der Waals surface area (Å²) in [7, 11) is 0. The summed E-state index contributed by atoms with van der Waals surface area (Å²) in [6.07, 6.45) is 7.08. The minimum atomic E-state index is 0.564. The first kappa shape index (κ1) is 11.2. The smallest absolute Gasteiger partial charge is 0.141 e. The summed E-state index contributed by atoms with van der Waals surface area (Å²) in [5.41, 5.74) is 4.21. The van der Waals surface area contributed by atoms with E-state index in [1.807, 2.05) is 12.1 Å². The van der Waals surface area contributed by atoms with Crippen LogP contribution in [0.15, 0.2) is 18.3 Å². The molecule has 0 aliphatic heterocycles. The average molecular weight is 220 g/mol. The number of nitrogens with zero attached hydrogens (tertiary/aromatic N) is 1. The van der Waals surface area contributed by atoms with E-state index in [0.29, 0.717) is 11.2 Å². The Labute approximate surface area is 96.6 Å². The molecule has 2 rings (SSSR count). The molecular weight excluding hydrogens is 200 g/mol. The zero-order valence-corrected chi connectivity index (χ0v) is 9.79. The maximum absolute atomic E-state index is 5.32. The standard InChI is InChI=1S/C12H20N4/c1-2-4-12(5-6-12)9-15-10-3-7-14-11(8-10)16-13/h3,7-8H,2,4-6,9,13H2,1H3,(H2,14,15,16). The van der Waals surface area contributed by atoms with Gasteiger partial charge in [-0.1, -0.05) is 13.3 Å². The number of rotatable bonds is 6. The van der Waals surface area contributed by atoms with Gasteiger partial charge in [0.2, 0.25) is 0 Å². The second kappa shape index (κ2) is 4.70. The third kappa shape index (κ3) is 2.64. The first-order valence-electron chi connectivity index (χ1n) is 5.94. The molecule has 4 N–H and O–H groups in total. The predicted octanol–water partition coefficient (Wildman–Crippen LogP) is 2.36. The minimum absolute atomic E-state index is 0.564. The number of hydrazine groups is 1. The summed E-state index contributed by atoms with van der Waals surface area (Å²) in [5.74, 6) is 6.02. The molecule has 0 radical (unpaired) electrons. The molecule has 1 aliphatic rings. The Morgan fingerprint density at radius 2 is 2.31 bits per heavy atom. The molecule has 4 heteroatoms. The number of hydrogen-bond donors (Lipinski definition) is 3. The third-order valence-electron chi connectivity index (χ3n) is 3.31. The van der Waals surface area contributed by atoms with Crippen molar-refractivity contribution in [3.05, 3.63) is 18.3 Å². The van der Waals surface area contributed by atoms with Crippen LogP contribution in [0.25, 0.3) is 0 Å². The van der Waals surface area contributed by atoms with Crippen molar-refractivity contribution >= 4 is 11.5 Å². The van der Waals surface area contributed by atoms with Crippen LogP contribution in [0.2, 0.25) is 0 Å². The highest BCUT2D eigenvalue weighted by atomic mass is 15.2. The van der Waals surface area contributed by atoms with Gasteiger partial charge < -0.3 is 10.7 Å². The van der Waals surface area contributed by atoms with Gasteiger partial charge in [-0.15, -0.1) is 0 Å². The summed E-state index contributed by atoms with van der Waals surface area (Å²) < 4.78 is 0. The number of aromatic nitrogens is 1. The number of nitrogens with two attached hydrogens (primary N) is 1. The van der Waals surface area contributed by atoms with Crippen LogP contribution in [-0.4, -0.2) is 11.5 Å². The van der Waals surface area contributed by atoms with Crippen LogP contribution in [0.4, 0.5) is 11.5 Å². The highest BCUT2D eigenvalue weighted by Gasteiger charge is 2.40. The maximum Gasteiger partial charge on any atom is 0.141 e. The van der Waals surface area contributed by atoms with Crippen molar-refractivity contribution < 1.29 is 0 Å². The zero-order chi connectivity index (χ0) is 11.4. The molecule has 0 unspecified atom stereocenters. The van der Waals surface area contributed by atoms with E-state index >= 15 is 0 Å². The molecule has 1 saturated carbocycles. The van der Waals surface area contributed by atoms with E-state index in [9.17, 15) is 0 Å². The Bertz CT molecular complexity index is 347. The van der Waals surface area contributed by atoms with E-state index in [4.69, 9.17) is 5.84 Å². The van der Waals surface area contributed by atoms with Crippen molar-refractivity contribution in [1.82, 2.24) is 4.98 Å². The van der Waals surface area contributed by atoms with Gasteiger partial charge in [0.15, 0.2) is 0 Å². The average Bonchev–Trinajstić information content (AvgIpc) is 3.08. The van der Waals surface area contributed by atoms with E-state index in [1.165, 1.54) is 25.7 Å². The molecule has 0 aromatic carbocycles. The number of anilines is 2. The highest BCUT2D eigenvalue weighted by Crippen LogP contribution is 2.49. The van der Waals surface area contributed by atoms with E-state index in [0.717, 1.165) is 12.2 Å². The Morgan fingerprint density at radius 3 is 2.94 bits per heavy atom. The van der Waals surface area contributed by atoms with Gasteiger partial charge in [-0.05, 0) is 30.7 Å². The topological polar surface area (TPSA) is 63.0 Å². The fourth-order valence-corrected chi connectivity index (χ4v) is 2.13. The lowest BCUT2D eigenvalue weighted by molar-refractivity contribution is 0.486. The van der Waals surface area contributed by atoms with Crippen molar-refractivity contribution in [2.24, 2.45) is 11.3 Å². The molecule has 0 bridgehead atoms. The maximum atomic E-state index is 5.32. The highest BCUT2D eigenvalue weighted by molar-refractivity contribution is 5.51. The molecule has 1 aromatic heterocycles. The van der Waals surface area contributed by atoms with Gasteiger partial charge in [0.25, 0.3) is 0 Å². The van der Waals surface area contributed by atoms with Crippen molar-refractivity contribution in [3.8, 4) is 0 Å². The van der Waals surface area contributed by atoms with Gasteiger partial charge in [-0.25, -0.2) is 10.8 Å². The molecule has 1 aromatic rings. The second-order valence-electron chi connectivity index (χ2n) is 4.68. The van der Waals surface area contributed by atoms with Crippen LogP contribution in [0.1, 0.15) is 32.6 Å². The molecule has 1 heterocycles. The molecule has 0 saturated heterocycles. The zero-order valence-electron chi connectivity index (χ0n) is 9.79. The SMILES string of the molecule is CCCC1(CNc2ccnc(NN)c2)CC1. The normalized spacial score (nSPS) is 16.9. The molecule has 0 atom stereocenters. The number of nitrogen functional groups attached to an aromatic ring is 1. The van der Waals surface area contributed by atoms with Crippen molar-refractivity contribution in [2.45, 2.75) is 32.6 Å². The largest absolute Gasteiger partial charge is 0.384 e. The summed E-state index contributed by atoms with van der Waals surface area (Å²) in [6, 6.07) is 3.91. The lowest BCUT2D eigenvalue weighted by atomic mass is 10.0. The summed E-state index contributed by atoms with van der Waals surface area (Å²) in [5, 5.41) is 3.47. The van der Waals surface area contributed by atoms with Crippen molar-refractivity contribution in [3.63, 3.8) is 0 Å². The van der Waals surface area contributed by atoms with Crippen molar-refractivity contribution in [1.29, 1.82) is 0 Å². The quantitative estimate of drug-likeness (QED) is 0.508. The molecule has 1 fully saturated rings. The molecule has 4 nitrogen and oxygen atoms in total. The van der Waals surface area contributed by atoms with Crippen LogP contribution in [0.5, 0.6) is 0 Å². The fourth-order valence-electron chi connectivity index (χ4n) is 2.13. The number of hydrogen-bond acceptors (Lipinski definition) is 4. The fraction of sp³-hybridized carbons (Fsp3) is 0.583. The first-order valence-corrected chi connectivity index (χ1v) is 5.94. The van der Waals surface area contributed by atoms with Crippen LogP contribution in [0, 0.1) is 5.41 Å². The van der Waals surface area contributed by atoms with Gasteiger partial charge in [0.1, 0.15) is 5.82 Å². The molecule has 88 valence electrons. The van der Waals surface area contributed by atoms with Gasteiger partial charge >= 0.3 is 0 Å². The molecule has 1 aliphatic carbocycles. The summed E-state index contributed by atoms with van der Waals surface area (Å²) >= 11 is 0. The van der Waals surface area contributed by atoms with Crippen LogP contribution in [-0.2, 0) is 0 Å². The molecule has 0 spiro atoms. The van der Waals surface area contributed by atoms with Gasteiger partial charge in [-0.2, -0.15) is 0 Å². The first-order chi connectivity index (χ1) is 7.78. The Hall–Kier alpha value is -1.29. The summed E-state index contributed by atoms with van der Waals surface area (Å²) in [6.45, 7) is 3.32. The van der Waals surface area contributed by atoms with Crippen LogP contribution < -0.4 is 16.6 Å². The molecular formula is C12H20N4. The third-order valence-corrected chi connectivity index (χ3v) is 3.31. The summed E-state index contributed by atoms with van der Waals surface area (Å²) in [4.78, 5) is 4.08. The van der Waals surface area contributed by atoms with E-state index in [-0.39, 0.29) is 0 Å². The Morgan fingerprint density at radius 1 is 1.50 bits per heavy atom. The Kier molecular flexibility index (Phi) is 3.29. The van der Waals surface area contributed by atoms with E-state index in [2.05, 4.69) is 22.7 Å². The lowest BCUT2D eigenvalue weighted by Gasteiger charge is -2.16. The van der Waals surface area contributed by atoms with E-state index in [1.54, 1.807) is 6.20 Å². The van der Waals surface area contributed by atoms with Crippen LogP contribution >= 0.6 is 0 Å². The van der Waals surface area contributed by atoms with Gasteiger partial charge in [-0.3, -0.25) is 0 Å². The second-order valence-corrected chi connectivity index (χ2v) is 4.68. The van der Waals surface area contributed by atoms with Crippen LogP contribution in [0.3, 0.4) is 0 Å². The Balaban J connectivity index is 1.89. The molecule has 16 heavy (non-hydrogen) atoms. The number of pyridine rings is 1. The predicted molar refractivity (Wildman–Crippen MR) is 67.1 cm³/mol. The number of nitrogens with one attached hydrogen (secondary N) is 2. The molecule has 0 amide bonds. The van der Waals surface area contributed by atoms with Gasteiger partial charge in [0, 0.05) is 24.5 Å².